The molecule has 1 aliphatic rings. The summed E-state index contributed by atoms with van der Waals surface area (Å²) in [5, 5.41) is 2.29. The smallest absolute Gasteiger partial charge is 0.387 e. The Hall–Kier alpha value is -2.81. The van der Waals surface area contributed by atoms with E-state index >= 15 is 0 Å². The largest absolute Gasteiger partial charge is 0.414 e. The van der Waals surface area contributed by atoms with E-state index in [2.05, 4.69) is 20.2 Å². The third-order valence-corrected chi connectivity index (χ3v) is 7.81. The fourth-order valence-corrected chi connectivity index (χ4v) is 4.93. The Bertz CT molecular complexity index is 1210. The third kappa shape index (κ3) is 6.60. The molecule has 1 aliphatic heterocycles. The summed E-state index contributed by atoms with van der Waals surface area (Å²) in [5.74, 6) is -0.628. The number of benzene rings is 1. The van der Waals surface area contributed by atoms with Crippen LogP contribution in [0.5, 0.6) is 5.88 Å². The monoisotopic (exact) mass is 498 g/mol. The number of hydrogen-bond donors (Lipinski definition) is 2. The second-order valence-corrected chi connectivity index (χ2v) is 11.8. The molecule has 1 amide bonds. The molecule has 1 fully saturated rings. The third-order valence-electron chi connectivity index (χ3n) is 4.95. The number of piperazine rings is 1. The molecule has 2 heterocycles. The van der Waals surface area contributed by atoms with Crippen LogP contribution in [0.25, 0.3) is 11.3 Å². The number of sulfonamides is 1. The molecule has 3 rings (SSSR count). The van der Waals surface area contributed by atoms with Crippen molar-refractivity contribution >= 4 is 31.8 Å². The van der Waals surface area contributed by atoms with Crippen molar-refractivity contribution in [2.75, 3.05) is 57.5 Å². The van der Waals surface area contributed by atoms with Crippen molar-refractivity contribution in [3.63, 3.8) is 0 Å². The van der Waals surface area contributed by atoms with Crippen LogP contribution in [-0.2, 0) is 19.9 Å². The van der Waals surface area contributed by atoms with Crippen LogP contribution in [-0.4, -0.2) is 93.9 Å². The lowest BCUT2D eigenvalue weighted by atomic mass is 10.2. The molecule has 1 aromatic carbocycles. The van der Waals surface area contributed by atoms with Crippen LogP contribution in [0.1, 0.15) is 0 Å². The van der Waals surface area contributed by atoms with Crippen LogP contribution >= 0.6 is 0 Å². The van der Waals surface area contributed by atoms with Gasteiger partial charge in [0, 0.05) is 44.5 Å². The van der Waals surface area contributed by atoms with Gasteiger partial charge in [0.25, 0.3) is 5.88 Å². The van der Waals surface area contributed by atoms with Crippen molar-refractivity contribution in [3.05, 3.63) is 30.5 Å². The van der Waals surface area contributed by atoms with Crippen LogP contribution in [0.3, 0.4) is 0 Å². The van der Waals surface area contributed by atoms with Gasteiger partial charge in [-0.15, -0.1) is 0 Å². The summed E-state index contributed by atoms with van der Waals surface area (Å²) >= 11 is 0. The molecule has 0 radical (unpaired) electrons. The minimum atomic E-state index is -3.60. The van der Waals surface area contributed by atoms with Gasteiger partial charge in [0.05, 0.1) is 22.5 Å². The van der Waals surface area contributed by atoms with Gasteiger partial charge in [-0.05, 0) is 19.2 Å². The Morgan fingerprint density at radius 1 is 1.12 bits per heavy atom. The number of nitrogens with zero attached hydrogens (tertiary/aromatic N) is 4. The molecule has 0 atom stereocenters. The maximum atomic E-state index is 12.9. The molecular formula is C19H26N6O6S2. The first kappa shape index (κ1) is 24.8. The highest BCUT2D eigenvalue weighted by Crippen LogP contribution is 2.25. The summed E-state index contributed by atoms with van der Waals surface area (Å²) in [6.07, 6.45) is 1.49. The molecule has 33 heavy (non-hydrogen) atoms. The van der Waals surface area contributed by atoms with Gasteiger partial charge in [-0.25, -0.2) is 31.6 Å². The van der Waals surface area contributed by atoms with Crippen molar-refractivity contribution in [3.8, 4) is 17.1 Å². The Labute approximate surface area is 192 Å². The van der Waals surface area contributed by atoms with E-state index in [1.807, 2.05) is 7.05 Å². The first-order chi connectivity index (χ1) is 15.5. The fourth-order valence-electron chi connectivity index (χ4n) is 3.03. The van der Waals surface area contributed by atoms with Crippen molar-refractivity contribution in [1.82, 2.24) is 24.5 Å². The van der Waals surface area contributed by atoms with E-state index in [1.165, 1.54) is 22.6 Å². The summed E-state index contributed by atoms with van der Waals surface area (Å²) in [7, 11) is -4.89. The first-order valence-electron chi connectivity index (χ1n) is 10.0. The summed E-state index contributed by atoms with van der Waals surface area (Å²) in [5.41, 5.74) is 6.58. The van der Waals surface area contributed by atoms with Gasteiger partial charge in [0.15, 0.2) is 5.82 Å². The van der Waals surface area contributed by atoms with Gasteiger partial charge in [0.1, 0.15) is 9.84 Å². The van der Waals surface area contributed by atoms with Gasteiger partial charge >= 0.3 is 6.09 Å². The maximum Gasteiger partial charge on any atom is 0.414 e. The molecule has 3 N–H and O–H groups in total. The van der Waals surface area contributed by atoms with E-state index in [9.17, 15) is 21.6 Å². The number of carbonyl (C=O) groups is 1. The lowest BCUT2D eigenvalue weighted by Crippen LogP contribution is -2.46. The van der Waals surface area contributed by atoms with Gasteiger partial charge in [0.2, 0.25) is 10.0 Å². The quantitative estimate of drug-likeness (QED) is 0.522. The second kappa shape index (κ2) is 9.99. The second-order valence-electron chi connectivity index (χ2n) is 7.62. The molecule has 14 heteroatoms. The summed E-state index contributed by atoms with van der Waals surface area (Å²) in [6.45, 7) is 2.06. The molecule has 1 saturated heterocycles. The van der Waals surface area contributed by atoms with Crippen molar-refractivity contribution in [2.45, 2.75) is 4.90 Å². The van der Waals surface area contributed by atoms with Crippen LogP contribution in [0.2, 0.25) is 0 Å². The Morgan fingerprint density at radius 2 is 1.76 bits per heavy atom. The van der Waals surface area contributed by atoms with Crippen molar-refractivity contribution in [1.29, 1.82) is 0 Å². The van der Waals surface area contributed by atoms with E-state index in [1.54, 1.807) is 12.1 Å². The number of nitrogen functional groups attached to an aromatic ring is 1. The van der Waals surface area contributed by atoms with E-state index < -0.39 is 26.0 Å². The number of nitrogens with two attached hydrogens (primary N) is 1. The number of ether oxygens (including phenoxy) is 1. The average molecular weight is 499 g/mol. The van der Waals surface area contributed by atoms with Gasteiger partial charge in [-0.3, -0.25) is 0 Å². The molecular weight excluding hydrogens is 472 g/mol. The van der Waals surface area contributed by atoms with Gasteiger partial charge < -0.3 is 20.7 Å². The number of aromatic nitrogens is 2. The zero-order chi connectivity index (χ0) is 24.2. The van der Waals surface area contributed by atoms with Gasteiger partial charge in [-0.1, -0.05) is 12.1 Å². The summed E-state index contributed by atoms with van der Waals surface area (Å²) in [6, 6.07) is 6.14. The summed E-state index contributed by atoms with van der Waals surface area (Å²) < 4.78 is 54.5. The molecule has 0 bridgehead atoms. The molecule has 0 unspecified atom stereocenters. The maximum absolute atomic E-state index is 12.9. The van der Waals surface area contributed by atoms with Crippen LogP contribution in [0.15, 0.2) is 35.4 Å². The fraction of sp³-hybridized carbons (Fsp3) is 0.421. The predicted octanol–water partition coefficient (Wildman–Crippen LogP) is -0.205. The molecule has 0 saturated carbocycles. The Balaban J connectivity index is 1.71. The Morgan fingerprint density at radius 3 is 2.36 bits per heavy atom. The van der Waals surface area contributed by atoms with Crippen molar-refractivity contribution < 1.29 is 26.4 Å². The average Bonchev–Trinajstić information content (AvgIpc) is 2.75. The van der Waals surface area contributed by atoms with Crippen LogP contribution in [0, 0.1) is 0 Å². The molecule has 1 aromatic heterocycles. The number of nitrogens with one attached hydrogen (secondary N) is 1. The normalized spacial score (nSPS) is 15.8. The minimum Gasteiger partial charge on any atom is -0.387 e. The zero-order valence-corrected chi connectivity index (χ0v) is 19.9. The predicted molar refractivity (Wildman–Crippen MR) is 122 cm³/mol. The number of rotatable bonds is 7. The van der Waals surface area contributed by atoms with E-state index in [0.717, 1.165) is 6.26 Å². The van der Waals surface area contributed by atoms with Crippen molar-refractivity contribution in [2.24, 2.45) is 0 Å². The summed E-state index contributed by atoms with van der Waals surface area (Å²) in [4.78, 5) is 22.3. The first-order valence-corrected chi connectivity index (χ1v) is 13.5. The number of hydrogen-bond acceptors (Lipinski definition) is 10. The minimum absolute atomic E-state index is 0.131. The standard InChI is InChI=1S/C19H26N6O6S2/c1-24-8-10-25(11-9-24)33(29,30)15-5-3-14(4-6-15)16-13-22-17(20)18(23-16)31-19(26)21-7-12-32(2,27)28/h3-6,13H,7-12H2,1-2H3,(H2,20,22)(H,21,26). The number of amides is 1. The van der Waals surface area contributed by atoms with Gasteiger partial charge in [-0.2, -0.15) is 4.31 Å². The molecule has 0 aliphatic carbocycles. The molecule has 180 valence electrons. The highest BCUT2D eigenvalue weighted by atomic mass is 32.2. The highest BCUT2D eigenvalue weighted by molar-refractivity contribution is 7.90. The van der Waals surface area contributed by atoms with Crippen LogP contribution in [0.4, 0.5) is 10.6 Å². The topological polar surface area (TPSA) is 165 Å². The van der Waals surface area contributed by atoms with E-state index in [0.29, 0.717) is 37.4 Å². The highest BCUT2D eigenvalue weighted by Gasteiger charge is 2.27. The lowest BCUT2D eigenvalue weighted by Gasteiger charge is -2.31. The van der Waals surface area contributed by atoms with Crippen LogP contribution < -0.4 is 15.8 Å². The molecule has 12 nitrogen and oxygen atoms in total. The SMILES string of the molecule is CN1CCN(S(=O)(=O)c2ccc(-c3cnc(N)c(OC(=O)NCCS(C)(=O)=O)n3)cc2)CC1. The zero-order valence-electron chi connectivity index (χ0n) is 18.3. The lowest BCUT2D eigenvalue weighted by molar-refractivity contribution is 0.199. The molecule has 0 spiro atoms. The Kier molecular flexibility index (Phi) is 7.51. The molecule has 2 aromatic rings. The number of likely N-dealkylation sites (N-methyl/N-ethyl adjacent to an activating group) is 1. The number of anilines is 1. The van der Waals surface area contributed by atoms with E-state index in [-0.39, 0.29) is 28.9 Å². The van der Waals surface area contributed by atoms with E-state index in [4.69, 9.17) is 10.5 Å². The number of sulfone groups is 1. The number of carbonyl (C=O) groups excluding carboxylic acids is 1.